The standard InChI is InChI=1S/C6H11N3O4/c1-3(5(11)12)9-6(13)8-2-4(7)10/h3H,2H2,1H3,(H2,7,10)(H,11,12)(H2,8,9,13). The summed E-state index contributed by atoms with van der Waals surface area (Å²) in [6, 6.07) is -1.75. The van der Waals surface area contributed by atoms with Crippen LogP contribution >= 0.6 is 0 Å². The van der Waals surface area contributed by atoms with Crippen LogP contribution in [-0.2, 0) is 9.59 Å². The molecule has 5 N–H and O–H groups in total. The first-order valence-electron chi connectivity index (χ1n) is 3.49. The number of hydrogen-bond acceptors (Lipinski definition) is 3. The fraction of sp³-hybridized carbons (Fsp3) is 0.500. The van der Waals surface area contributed by atoms with Gasteiger partial charge in [0.1, 0.15) is 6.04 Å². The fourth-order valence-electron chi connectivity index (χ4n) is 0.477. The fourth-order valence-corrected chi connectivity index (χ4v) is 0.477. The van der Waals surface area contributed by atoms with Crippen molar-refractivity contribution in [1.82, 2.24) is 10.6 Å². The Labute approximate surface area is 74.3 Å². The van der Waals surface area contributed by atoms with E-state index in [1.54, 1.807) is 0 Å². The molecule has 7 nitrogen and oxygen atoms in total. The van der Waals surface area contributed by atoms with Crippen LogP contribution in [-0.4, -0.2) is 35.6 Å². The summed E-state index contributed by atoms with van der Waals surface area (Å²) in [5.74, 6) is -1.85. The zero-order valence-corrected chi connectivity index (χ0v) is 7.03. The molecular formula is C6H11N3O4. The zero-order valence-electron chi connectivity index (χ0n) is 7.03. The van der Waals surface area contributed by atoms with E-state index in [1.807, 2.05) is 0 Å². The molecule has 3 amide bonds. The van der Waals surface area contributed by atoms with E-state index in [-0.39, 0.29) is 6.54 Å². The first-order valence-corrected chi connectivity index (χ1v) is 3.49. The molecule has 7 heteroatoms. The van der Waals surface area contributed by atoms with Gasteiger partial charge in [0.2, 0.25) is 5.91 Å². The first kappa shape index (κ1) is 11.2. The van der Waals surface area contributed by atoms with Crippen molar-refractivity contribution in [3.8, 4) is 0 Å². The highest BCUT2D eigenvalue weighted by Crippen LogP contribution is 1.79. The highest BCUT2D eigenvalue weighted by Gasteiger charge is 2.13. The number of amides is 3. The Bertz CT molecular complexity index is 228. The van der Waals surface area contributed by atoms with Crippen molar-refractivity contribution in [2.45, 2.75) is 13.0 Å². The lowest BCUT2D eigenvalue weighted by molar-refractivity contribution is -0.138. The number of rotatable bonds is 4. The van der Waals surface area contributed by atoms with Crippen LogP contribution in [0.1, 0.15) is 6.92 Å². The Balaban J connectivity index is 3.74. The molecule has 0 aliphatic carbocycles. The van der Waals surface area contributed by atoms with Crippen molar-refractivity contribution in [1.29, 1.82) is 0 Å². The number of carboxylic acid groups (broad SMARTS) is 1. The van der Waals surface area contributed by atoms with Crippen molar-refractivity contribution in [2.75, 3.05) is 6.54 Å². The van der Waals surface area contributed by atoms with Gasteiger partial charge in [0.15, 0.2) is 0 Å². The summed E-state index contributed by atoms with van der Waals surface area (Å²) in [6.07, 6.45) is 0. The average Bonchev–Trinajstić information content (AvgIpc) is 2.00. The van der Waals surface area contributed by atoms with E-state index in [9.17, 15) is 14.4 Å². The first-order chi connectivity index (χ1) is 5.93. The summed E-state index contributed by atoms with van der Waals surface area (Å²) in [5.41, 5.74) is 4.73. The van der Waals surface area contributed by atoms with E-state index < -0.39 is 23.9 Å². The van der Waals surface area contributed by atoms with Crippen molar-refractivity contribution >= 4 is 17.9 Å². The number of aliphatic carboxylic acids is 1. The van der Waals surface area contributed by atoms with Gasteiger partial charge in [-0.2, -0.15) is 0 Å². The van der Waals surface area contributed by atoms with Crippen LogP contribution < -0.4 is 16.4 Å². The van der Waals surface area contributed by atoms with E-state index >= 15 is 0 Å². The molecule has 0 radical (unpaired) electrons. The molecule has 0 aromatic rings. The average molecular weight is 189 g/mol. The zero-order chi connectivity index (χ0) is 10.4. The Morgan fingerprint density at radius 1 is 1.46 bits per heavy atom. The van der Waals surface area contributed by atoms with E-state index in [2.05, 4.69) is 10.6 Å². The maximum atomic E-state index is 10.8. The van der Waals surface area contributed by atoms with E-state index in [1.165, 1.54) is 6.92 Å². The monoisotopic (exact) mass is 189 g/mol. The number of urea groups is 1. The quantitative estimate of drug-likeness (QED) is 0.418. The summed E-state index contributed by atoms with van der Waals surface area (Å²) in [5, 5.41) is 12.5. The molecule has 0 saturated carbocycles. The molecule has 0 bridgehead atoms. The Morgan fingerprint density at radius 3 is 2.38 bits per heavy atom. The van der Waals surface area contributed by atoms with Gasteiger partial charge in [0, 0.05) is 0 Å². The van der Waals surface area contributed by atoms with E-state index in [0.29, 0.717) is 0 Å². The number of carbonyl (C=O) groups excluding carboxylic acids is 2. The second kappa shape index (κ2) is 4.96. The van der Waals surface area contributed by atoms with Gasteiger partial charge >= 0.3 is 12.0 Å². The molecule has 0 spiro atoms. The number of nitrogens with one attached hydrogen (secondary N) is 2. The van der Waals surface area contributed by atoms with Crippen molar-refractivity contribution in [3.63, 3.8) is 0 Å². The number of carboxylic acids is 1. The van der Waals surface area contributed by atoms with Gasteiger partial charge in [-0.1, -0.05) is 0 Å². The lowest BCUT2D eigenvalue weighted by Crippen LogP contribution is -2.46. The number of primary amides is 1. The molecule has 0 rings (SSSR count). The summed E-state index contributed by atoms with van der Waals surface area (Å²) in [6.45, 7) is 0.977. The highest BCUT2D eigenvalue weighted by molar-refractivity contribution is 5.85. The molecule has 0 fully saturated rings. The van der Waals surface area contributed by atoms with Crippen molar-refractivity contribution in [2.24, 2.45) is 5.73 Å². The summed E-state index contributed by atoms with van der Waals surface area (Å²) in [4.78, 5) is 31.2. The second-order valence-electron chi connectivity index (χ2n) is 2.35. The minimum Gasteiger partial charge on any atom is -0.480 e. The summed E-state index contributed by atoms with van der Waals surface area (Å²) >= 11 is 0. The maximum absolute atomic E-state index is 10.8. The molecule has 0 saturated heterocycles. The molecular weight excluding hydrogens is 178 g/mol. The molecule has 13 heavy (non-hydrogen) atoms. The van der Waals surface area contributed by atoms with Crippen LogP contribution in [0.2, 0.25) is 0 Å². The Hall–Kier alpha value is -1.79. The third-order valence-electron chi connectivity index (χ3n) is 1.14. The topological polar surface area (TPSA) is 122 Å². The number of nitrogens with two attached hydrogens (primary N) is 1. The SMILES string of the molecule is CC(NC(=O)NCC(N)=O)C(=O)O. The van der Waals surface area contributed by atoms with Crippen LogP contribution in [0.3, 0.4) is 0 Å². The van der Waals surface area contributed by atoms with Gasteiger partial charge in [-0.15, -0.1) is 0 Å². The minimum atomic E-state index is -1.16. The summed E-state index contributed by atoms with van der Waals surface area (Å²) < 4.78 is 0. The van der Waals surface area contributed by atoms with Gasteiger partial charge in [-0.3, -0.25) is 9.59 Å². The van der Waals surface area contributed by atoms with Gasteiger partial charge in [-0.25, -0.2) is 4.79 Å². The maximum Gasteiger partial charge on any atom is 0.325 e. The van der Waals surface area contributed by atoms with Crippen LogP contribution in [0, 0.1) is 0 Å². The molecule has 0 heterocycles. The predicted molar refractivity (Wildman–Crippen MR) is 42.8 cm³/mol. The van der Waals surface area contributed by atoms with Crippen molar-refractivity contribution in [3.05, 3.63) is 0 Å². The van der Waals surface area contributed by atoms with Crippen LogP contribution in [0.5, 0.6) is 0 Å². The second-order valence-corrected chi connectivity index (χ2v) is 2.35. The van der Waals surface area contributed by atoms with Gasteiger partial charge < -0.3 is 21.5 Å². The third-order valence-corrected chi connectivity index (χ3v) is 1.14. The van der Waals surface area contributed by atoms with Crippen LogP contribution in [0.4, 0.5) is 4.79 Å². The predicted octanol–water partition coefficient (Wildman–Crippen LogP) is -1.76. The third kappa shape index (κ3) is 5.48. The van der Waals surface area contributed by atoms with Gasteiger partial charge in [0.25, 0.3) is 0 Å². The number of carbonyl (C=O) groups is 3. The molecule has 0 aromatic heterocycles. The molecule has 0 aromatic carbocycles. The molecule has 74 valence electrons. The Morgan fingerprint density at radius 2 is 2.00 bits per heavy atom. The smallest absolute Gasteiger partial charge is 0.325 e. The van der Waals surface area contributed by atoms with Crippen LogP contribution in [0.25, 0.3) is 0 Å². The molecule has 1 unspecified atom stereocenters. The van der Waals surface area contributed by atoms with E-state index in [0.717, 1.165) is 0 Å². The van der Waals surface area contributed by atoms with Crippen LogP contribution in [0.15, 0.2) is 0 Å². The lowest BCUT2D eigenvalue weighted by atomic mass is 10.3. The molecule has 1 atom stereocenters. The van der Waals surface area contributed by atoms with Gasteiger partial charge in [0.05, 0.1) is 6.54 Å². The number of hydrogen-bond donors (Lipinski definition) is 4. The molecule has 0 aliphatic rings. The largest absolute Gasteiger partial charge is 0.480 e. The highest BCUT2D eigenvalue weighted by atomic mass is 16.4. The van der Waals surface area contributed by atoms with E-state index in [4.69, 9.17) is 10.8 Å². The van der Waals surface area contributed by atoms with Crippen molar-refractivity contribution < 1.29 is 19.5 Å². The lowest BCUT2D eigenvalue weighted by Gasteiger charge is -2.09. The minimum absolute atomic E-state index is 0.321. The normalized spacial score (nSPS) is 11.5. The summed E-state index contributed by atoms with van der Waals surface area (Å²) in [7, 11) is 0. The Kier molecular flexibility index (Phi) is 4.28. The van der Waals surface area contributed by atoms with Gasteiger partial charge in [-0.05, 0) is 6.92 Å². The molecule has 0 aliphatic heterocycles.